The third kappa shape index (κ3) is 2.57. The van der Waals surface area contributed by atoms with E-state index in [1.165, 1.54) is 31.4 Å². The molecule has 132 valence electrons. The SMILES string of the molecule is Cc1cc(C)n([C@@H]2CCN(C(=O)C3(N4CCCC4)CCCC3)C2)n1. The lowest BCUT2D eigenvalue weighted by molar-refractivity contribution is -0.143. The normalized spacial score (nSPS) is 27.2. The fourth-order valence-electron chi connectivity index (χ4n) is 5.21. The Morgan fingerprint density at radius 1 is 1.12 bits per heavy atom. The number of likely N-dealkylation sites (tertiary alicyclic amines) is 2. The average Bonchev–Trinajstić information content (AvgIpc) is 3.34. The molecular weight excluding hydrogens is 300 g/mol. The van der Waals surface area contributed by atoms with E-state index < -0.39 is 0 Å². The van der Waals surface area contributed by atoms with Crippen LogP contribution in [-0.4, -0.2) is 57.2 Å². The molecule has 1 aromatic rings. The van der Waals surface area contributed by atoms with E-state index >= 15 is 0 Å². The molecule has 2 aliphatic heterocycles. The van der Waals surface area contributed by atoms with Gasteiger partial charge in [0.1, 0.15) is 5.54 Å². The minimum atomic E-state index is -0.180. The highest BCUT2D eigenvalue weighted by molar-refractivity contribution is 5.87. The Hall–Kier alpha value is -1.36. The fraction of sp³-hybridized carbons (Fsp3) is 0.789. The van der Waals surface area contributed by atoms with E-state index in [1.54, 1.807) is 0 Å². The largest absolute Gasteiger partial charge is 0.339 e. The Bertz CT molecular complexity index is 611. The Labute approximate surface area is 145 Å². The summed E-state index contributed by atoms with van der Waals surface area (Å²) in [5.74, 6) is 0.408. The number of amides is 1. The molecule has 0 radical (unpaired) electrons. The van der Waals surface area contributed by atoms with Crippen molar-refractivity contribution in [2.75, 3.05) is 26.2 Å². The molecule has 0 unspecified atom stereocenters. The number of aryl methyl sites for hydroxylation is 2. The van der Waals surface area contributed by atoms with Gasteiger partial charge in [-0.1, -0.05) is 12.8 Å². The van der Waals surface area contributed by atoms with Crippen LogP contribution in [0.3, 0.4) is 0 Å². The monoisotopic (exact) mass is 330 g/mol. The summed E-state index contributed by atoms with van der Waals surface area (Å²) in [7, 11) is 0. The minimum absolute atomic E-state index is 0.180. The van der Waals surface area contributed by atoms with Gasteiger partial charge in [-0.25, -0.2) is 0 Å². The fourth-order valence-corrected chi connectivity index (χ4v) is 5.21. The van der Waals surface area contributed by atoms with E-state index in [0.29, 0.717) is 11.9 Å². The van der Waals surface area contributed by atoms with E-state index in [1.807, 2.05) is 6.92 Å². The molecule has 1 aromatic heterocycles. The van der Waals surface area contributed by atoms with Crippen molar-refractivity contribution in [3.8, 4) is 0 Å². The lowest BCUT2D eigenvalue weighted by Gasteiger charge is -2.40. The second-order valence-electron chi connectivity index (χ2n) is 8.00. The molecule has 5 nitrogen and oxygen atoms in total. The van der Waals surface area contributed by atoms with Gasteiger partial charge in [-0.3, -0.25) is 14.4 Å². The molecule has 4 rings (SSSR count). The third-order valence-electron chi connectivity index (χ3n) is 6.38. The van der Waals surface area contributed by atoms with Gasteiger partial charge >= 0.3 is 0 Å². The summed E-state index contributed by atoms with van der Waals surface area (Å²) in [4.78, 5) is 18.1. The maximum Gasteiger partial charge on any atom is 0.243 e. The van der Waals surface area contributed by atoms with Gasteiger partial charge in [-0.2, -0.15) is 5.10 Å². The summed E-state index contributed by atoms with van der Waals surface area (Å²) in [6.07, 6.45) is 8.07. The molecule has 0 aromatic carbocycles. The van der Waals surface area contributed by atoms with Crippen molar-refractivity contribution in [2.24, 2.45) is 0 Å². The highest BCUT2D eigenvalue weighted by Gasteiger charge is 2.49. The summed E-state index contributed by atoms with van der Waals surface area (Å²) in [6.45, 7) is 8.10. The third-order valence-corrected chi connectivity index (χ3v) is 6.38. The van der Waals surface area contributed by atoms with Crippen LogP contribution < -0.4 is 0 Å². The maximum atomic E-state index is 13.5. The lowest BCUT2D eigenvalue weighted by Crippen LogP contribution is -2.57. The highest BCUT2D eigenvalue weighted by atomic mass is 16.2. The van der Waals surface area contributed by atoms with Crippen molar-refractivity contribution in [2.45, 2.75) is 70.4 Å². The molecule has 2 saturated heterocycles. The van der Waals surface area contributed by atoms with Gasteiger partial charge in [0.2, 0.25) is 5.91 Å². The molecule has 0 bridgehead atoms. The predicted molar refractivity (Wildman–Crippen MR) is 93.9 cm³/mol. The number of carbonyl (C=O) groups is 1. The van der Waals surface area contributed by atoms with E-state index in [9.17, 15) is 4.79 Å². The molecule has 3 aliphatic rings. The van der Waals surface area contributed by atoms with Crippen LogP contribution in [0.4, 0.5) is 0 Å². The first-order valence-corrected chi connectivity index (χ1v) is 9.67. The zero-order valence-corrected chi connectivity index (χ0v) is 15.1. The van der Waals surface area contributed by atoms with Crippen molar-refractivity contribution in [3.05, 3.63) is 17.5 Å². The zero-order chi connectivity index (χ0) is 16.7. The van der Waals surface area contributed by atoms with Crippen molar-refractivity contribution >= 4 is 5.91 Å². The smallest absolute Gasteiger partial charge is 0.243 e. The standard InChI is InChI=1S/C19H30N4O/c1-15-13-16(2)23(20-15)17-7-12-21(14-17)18(24)19(8-3-4-9-19)22-10-5-6-11-22/h13,17H,3-12,14H2,1-2H3/t17-/m1/s1. The van der Waals surface area contributed by atoms with E-state index in [4.69, 9.17) is 0 Å². The topological polar surface area (TPSA) is 41.4 Å². The number of nitrogens with zero attached hydrogens (tertiary/aromatic N) is 4. The van der Waals surface area contributed by atoms with E-state index in [-0.39, 0.29) is 5.54 Å². The average molecular weight is 330 g/mol. The van der Waals surface area contributed by atoms with Gasteiger partial charge in [-0.05, 0) is 65.1 Å². The summed E-state index contributed by atoms with van der Waals surface area (Å²) in [6, 6.07) is 2.48. The molecule has 1 amide bonds. The molecule has 1 saturated carbocycles. The van der Waals surface area contributed by atoms with Crippen molar-refractivity contribution in [1.82, 2.24) is 19.6 Å². The van der Waals surface area contributed by atoms with Crippen LogP contribution in [0, 0.1) is 13.8 Å². The van der Waals surface area contributed by atoms with Crippen LogP contribution in [0.1, 0.15) is 62.4 Å². The predicted octanol–water partition coefficient (Wildman–Crippen LogP) is 2.68. The summed E-state index contributed by atoms with van der Waals surface area (Å²) < 4.78 is 2.14. The van der Waals surface area contributed by atoms with Gasteiger partial charge in [0.15, 0.2) is 0 Å². The lowest BCUT2D eigenvalue weighted by atomic mass is 9.93. The van der Waals surface area contributed by atoms with Crippen LogP contribution in [-0.2, 0) is 4.79 Å². The van der Waals surface area contributed by atoms with Crippen molar-refractivity contribution in [1.29, 1.82) is 0 Å². The summed E-state index contributed by atoms with van der Waals surface area (Å²) in [5.41, 5.74) is 2.10. The van der Waals surface area contributed by atoms with E-state index in [2.05, 4.69) is 32.6 Å². The number of hydrogen-bond acceptors (Lipinski definition) is 3. The quantitative estimate of drug-likeness (QED) is 0.856. The minimum Gasteiger partial charge on any atom is -0.339 e. The molecule has 0 N–H and O–H groups in total. The summed E-state index contributed by atoms with van der Waals surface area (Å²) in [5, 5.41) is 4.65. The Kier molecular flexibility index (Phi) is 4.15. The van der Waals surface area contributed by atoms with Crippen LogP contribution in [0.25, 0.3) is 0 Å². The maximum absolute atomic E-state index is 13.5. The van der Waals surface area contributed by atoms with E-state index in [0.717, 1.165) is 51.1 Å². The van der Waals surface area contributed by atoms with Crippen LogP contribution in [0.5, 0.6) is 0 Å². The van der Waals surface area contributed by atoms with Crippen LogP contribution in [0.15, 0.2) is 6.07 Å². The molecule has 24 heavy (non-hydrogen) atoms. The Balaban J connectivity index is 1.51. The first-order chi connectivity index (χ1) is 11.6. The zero-order valence-electron chi connectivity index (χ0n) is 15.1. The molecule has 0 spiro atoms. The molecule has 1 atom stereocenters. The first kappa shape index (κ1) is 16.1. The van der Waals surface area contributed by atoms with Crippen LogP contribution >= 0.6 is 0 Å². The number of aromatic nitrogens is 2. The van der Waals surface area contributed by atoms with Crippen molar-refractivity contribution < 1.29 is 4.79 Å². The Morgan fingerprint density at radius 2 is 1.83 bits per heavy atom. The highest BCUT2D eigenvalue weighted by Crippen LogP contribution is 2.40. The summed E-state index contributed by atoms with van der Waals surface area (Å²) >= 11 is 0. The van der Waals surface area contributed by atoms with Crippen molar-refractivity contribution in [3.63, 3.8) is 0 Å². The Morgan fingerprint density at radius 3 is 2.46 bits per heavy atom. The molecule has 5 heteroatoms. The number of carbonyl (C=O) groups excluding carboxylic acids is 1. The van der Waals surface area contributed by atoms with Crippen LogP contribution in [0.2, 0.25) is 0 Å². The molecule has 3 fully saturated rings. The van der Waals surface area contributed by atoms with Gasteiger partial charge < -0.3 is 4.90 Å². The number of rotatable bonds is 3. The van der Waals surface area contributed by atoms with Gasteiger partial charge in [0.05, 0.1) is 11.7 Å². The van der Waals surface area contributed by atoms with Gasteiger partial charge in [0, 0.05) is 18.8 Å². The van der Waals surface area contributed by atoms with Gasteiger partial charge in [0.25, 0.3) is 0 Å². The van der Waals surface area contributed by atoms with Gasteiger partial charge in [-0.15, -0.1) is 0 Å². The molecular formula is C19H30N4O. The first-order valence-electron chi connectivity index (χ1n) is 9.67. The molecule has 1 aliphatic carbocycles. The second-order valence-corrected chi connectivity index (χ2v) is 8.00. The number of hydrogen-bond donors (Lipinski definition) is 0. The second kappa shape index (κ2) is 6.17. The molecule has 3 heterocycles.